The van der Waals surface area contributed by atoms with Crippen LogP contribution in [0.1, 0.15) is 25.0 Å². The molecule has 0 atom stereocenters. The van der Waals surface area contributed by atoms with Crippen LogP contribution in [0.2, 0.25) is 0 Å². The molecule has 134 valence electrons. The van der Waals surface area contributed by atoms with Crippen LogP contribution in [0.4, 0.5) is 0 Å². The molecule has 24 heavy (non-hydrogen) atoms. The van der Waals surface area contributed by atoms with Crippen LogP contribution in [0.3, 0.4) is 0 Å². The van der Waals surface area contributed by atoms with Crippen molar-refractivity contribution in [2.75, 3.05) is 38.5 Å². The van der Waals surface area contributed by atoms with Crippen LogP contribution in [0.25, 0.3) is 0 Å². The molecule has 0 unspecified atom stereocenters. The van der Waals surface area contributed by atoms with Crippen molar-refractivity contribution in [3.63, 3.8) is 0 Å². The lowest BCUT2D eigenvalue weighted by Gasteiger charge is -2.32. The number of hydrogen-bond donors (Lipinski definition) is 0. The summed E-state index contributed by atoms with van der Waals surface area (Å²) in [5.41, 5.74) is 0.820. The SMILES string of the molecule is Cc1ccc(=O)n(CC2CCN(CCN3CCCS3(=O)=O)CC2)n1. The molecule has 1 aromatic rings. The number of aromatic nitrogens is 2. The summed E-state index contributed by atoms with van der Waals surface area (Å²) in [5.74, 6) is 0.761. The Hall–Kier alpha value is -1.25. The molecule has 7 nitrogen and oxygen atoms in total. The molecule has 0 N–H and O–H groups in total. The van der Waals surface area contributed by atoms with Gasteiger partial charge < -0.3 is 4.90 Å². The topological polar surface area (TPSA) is 75.5 Å². The summed E-state index contributed by atoms with van der Waals surface area (Å²) in [7, 11) is -2.99. The van der Waals surface area contributed by atoms with Gasteiger partial charge in [0.25, 0.3) is 5.56 Å². The van der Waals surface area contributed by atoms with Gasteiger partial charge in [-0.05, 0) is 51.3 Å². The fourth-order valence-electron chi connectivity index (χ4n) is 3.51. The van der Waals surface area contributed by atoms with E-state index < -0.39 is 10.0 Å². The number of sulfonamides is 1. The summed E-state index contributed by atoms with van der Waals surface area (Å²) in [6.07, 6.45) is 2.80. The van der Waals surface area contributed by atoms with Crippen LogP contribution < -0.4 is 5.56 Å². The van der Waals surface area contributed by atoms with Gasteiger partial charge in [-0.1, -0.05) is 0 Å². The zero-order chi connectivity index (χ0) is 17.2. The molecule has 0 radical (unpaired) electrons. The molecule has 2 aliphatic heterocycles. The Morgan fingerprint density at radius 2 is 1.92 bits per heavy atom. The predicted octanol–water partition coefficient (Wildman–Crippen LogP) is 0.299. The number of rotatable bonds is 5. The molecule has 8 heteroatoms. The molecule has 2 aliphatic rings. The van der Waals surface area contributed by atoms with Crippen LogP contribution in [0.5, 0.6) is 0 Å². The van der Waals surface area contributed by atoms with Crippen LogP contribution in [-0.4, -0.2) is 65.9 Å². The molecular weight excluding hydrogens is 328 g/mol. The van der Waals surface area contributed by atoms with Gasteiger partial charge in [0.05, 0.1) is 11.4 Å². The molecule has 2 saturated heterocycles. The molecule has 0 spiro atoms. The van der Waals surface area contributed by atoms with E-state index >= 15 is 0 Å². The first-order valence-corrected chi connectivity index (χ1v) is 10.3. The van der Waals surface area contributed by atoms with Crippen molar-refractivity contribution >= 4 is 10.0 Å². The van der Waals surface area contributed by atoms with Crippen LogP contribution in [0, 0.1) is 12.8 Å². The quantitative estimate of drug-likeness (QED) is 0.760. The van der Waals surface area contributed by atoms with Gasteiger partial charge in [-0.2, -0.15) is 5.10 Å². The summed E-state index contributed by atoms with van der Waals surface area (Å²) in [5, 5.41) is 4.31. The minimum atomic E-state index is -2.99. The lowest BCUT2D eigenvalue weighted by atomic mass is 9.97. The second-order valence-corrected chi connectivity index (χ2v) is 8.94. The normalized spacial score (nSPS) is 22.9. The number of hydrogen-bond acceptors (Lipinski definition) is 5. The van der Waals surface area contributed by atoms with Crippen molar-refractivity contribution in [3.8, 4) is 0 Å². The van der Waals surface area contributed by atoms with Gasteiger partial charge in [0.15, 0.2) is 0 Å². The maximum Gasteiger partial charge on any atom is 0.266 e. The van der Waals surface area contributed by atoms with Crippen molar-refractivity contribution in [2.24, 2.45) is 5.92 Å². The third-order valence-corrected chi connectivity index (χ3v) is 6.96. The zero-order valence-corrected chi connectivity index (χ0v) is 15.0. The summed E-state index contributed by atoms with van der Waals surface area (Å²) >= 11 is 0. The van der Waals surface area contributed by atoms with Crippen LogP contribution >= 0.6 is 0 Å². The molecule has 0 amide bonds. The first kappa shape index (κ1) is 17.6. The number of nitrogens with zero attached hydrogens (tertiary/aromatic N) is 4. The van der Waals surface area contributed by atoms with E-state index in [1.54, 1.807) is 21.1 Å². The molecule has 2 fully saturated rings. The Balaban J connectivity index is 1.46. The van der Waals surface area contributed by atoms with Crippen molar-refractivity contribution in [2.45, 2.75) is 32.7 Å². The summed E-state index contributed by atoms with van der Waals surface area (Å²) in [6, 6.07) is 3.32. The second kappa shape index (κ2) is 7.33. The monoisotopic (exact) mass is 354 g/mol. The van der Waals surface area contributed by atoms with Gasteiger partial charge in [-0.3, -0.25) is 4.79 Å². The fraction of sp³-hybridized carbons (Fsp3) is 0.750. The molecular formula is C16H26N4O3S. The van der Waals surface area contributed by atoms with Crippen molar-refractivity contribution in [1.29, 1.82) is 0 Å². The van der Waals surface area contributed by atoms with E-state index in [1.807, 2.05) is 6.92 Å². The van der Waals surface area contributed by atoms with E-state index in [0.717, 1.165) is 44.6 Å². The maximum absolute atomic E-state index is 11.8. The Labute approximate surface area is 143 Å². The Kier molecular flexibility index (Phi) is 5.36. The standard InChI is InChI=1S/C16H26N4O3S/c1-14-3-4-16(21)20(17-14)13-15-5-8-18(9-6-15)10-11-19-7-2-12-24(19,22)23/h3-4,15H,2,5-13H2,1H3. The molecule has 0 aromatic carbocycles. The van der Waals surface area contributed by atoms with Gasteiger partial charge in [0.2, 0.25) is 10.0 Å². The van der Waals surface area contributed by atoms with E-state index in [2.05, 4.69) is 10.00 Å². The average molecular weight is 354 g/mol. The third kappa shape index (κ3) is 4.23. The molecule has 3 rings (SSSR count). The van der Waals surface area contributed by atoms with Gasteiger partial charge in [-0.25, -0.2) is 17.4 Å². The van der Waals surface area contributed by atoms with Gasteiger partial charge in [-0.15, -0.1) is 0 Å². The maximum atomic E-state index is 11.8. The highest BCUT2D eigenvalue weighted by Crippen LogP contribution is 2.19. The lowest BCUT2D eigenvalue weighted by Crippen LogP contribution is -2.41. The Morgan fingerprint density at radius 3 is 2.58 bits per heavy atom. The van der Waals surface area contributed by atoms with E-state index in [1.165, 1.54) is 0 Å². The minimum Gasteiger partial charge on any atom is -0.302 e. The molecule has 3 heterocycles. The number of piperidine rings is 1. The molecule has 0 bridgehead atoms. The largest absolute Gasteiger partial charge is 0.302 e. The van der Waals surface area contributed by atoms with E-state index in [-0.39, 0.29) is 5.56 Å². The third-order valence-electron chi connectivity index (χ3n) is 5.01. The van der Waals surface area contributed by atoms with E-state index in [0.29, 0.717) is 31.3 Å². The van der Waals surface area contributed by atoms with Gasteiger partial charge in [0.1, 0.15) is 0 Å². The van der Waals surface area contributed by atoms with E-state index in [4.69, 9.17) is 0 Å². The highest BCUT2D eigenvalue weighted by Gasteiger charge is 2.28. The van der Waals surface area contributed by atoms with Gasteiger partial charge >= 0.3 is 0 Å². The summed E-state index contributed by atoms with van der Waals surface area (Å²) < 4.78 is 26.8. The molecule has 0 saturated carbocycles. The van der Waals surface area contributed by atoms with Crippen molar-refractivity contribution < 1.29 is 8.42 Å². The second-order valence-electron chi connectivity index (χ2n) is 6.85. The van der Waals surface area contributed by atoms with Crippen molar-refractivity contribution in [3.05, 3.63) is 28.2 Å². The minimum absolute atomic E-state index is 0.0396. The highest BCUT2D eigenvalue weighted by molar-refractivity contribution is 7.89. The molecule has 0 aliphatic carbocycles. The predicted molar refractivity (Wildman–Crippen MR) is 92.4 cm³/mol. The Morgan fingerprint density at radius 1 is 1.17 bits per heavy atom. The number of aryl methyl sites for hydroxylation is 1. The zero-order valence-electron chi connectivity index (χ0n) is 14.2. The fourth-order valence-corrected chi connectivity index (χ4v) is 5.03. The first-order valence-electron chi connectivity index (χ1n) is 8.69. The highest BCUT2D eigenvalue weighted by atomic mass is 32.2. The van der Waals surface area contributed by atoms with Crippen LogP contribution in [0.15, 0.2) is 16.9 Å². The molecule has 1 aromatic heterocycles. The van der Waals surface area contributed by atoms with Crippen LogP contribution in [-0.2, 0) is 16.6 Å². The van der Waals surface area contributed by atoms with Gasteiger partial charge in [0, 0.05) is 32.2 Å². The summed E-state index contributed by atoms with van der Waals surface area (Å²) in [4.78, 5) is 14.2. The smallest absolute Gasteiger partial charge is 0.266 e. The summed E-state index contributed by atoms with van der Waals surface area (Å²) in [6.45, 7) is 6.55. The number of likely N-dealkylation sites (tertiary alicyclic amines) is 1. The average Bonchev–Trinajstić information content (AvgIpc) is 2.89. The van der Waals surface area contributed by atoms with E-state index in [9.17, 15) is 13.2 Å². The van der Waals surface area contributed by atoms with Crippen molar-refractivity contribution in [1.82, 2.24) is 19.0 Å². The first-order chi connectivity index (χ1) is 11.4. The lowest BCUT2D eigenvalue weighted by molar-refractivity contribution is 0.163. The Bertz CT molecular complexity index is 723.